The molecular weight excluding hydrogens is 78.0 g/mol. The molecule has 0 saturated carbocycles. The van der Waals surface area contributed by atoms with E-state index in [1.54, 1.807) is 0 Å². The van der Waals surface area contributed by atoms with Gasteiger partial charge >= 0.3 is 0 Å². The summed E-state index contributed by atoms with van der Waals surface area (Å²) in [5.74, 6) is 1.02. The summed E-state index contributed by atoms with van der Waals surface area (Å²) in [6.45, 7) is 2.00. The van der Waals surface area contributed by atoms with Crippen molar-refractivity contribution in [3.8, 4) is 11.5 Å². The highest BCUT2D eigenvalue weighted by Gasteiger charge is 2.30. The number of aryl methyl sites for hydroxylation is 1. The van der Waals surface area contributed by atoms with Gasteiger partial charge in [-0.3, -0.25) is 0 Å². The Labute approximate surface area is 34.8 Å². The average Bonchev–Trinajstić information content (AvgIpc) is 1.63. The number of fused-ring (bicyclic) bond motifs is 1. The summed E-state index contributed by atoms with van der Waals surface area (Å²) in [7, 11) is 0. The second-order valence-electron chi connectivity index (χ2n) is 1.49. The highest BCUT2D eigenvalue weighted by atomic mass is 16.5. The van der Waals surface area contributed by atoms with Crippen LogP contribution in [0.25, 0.3) is 11.5 Å². The van der Waals surface area contributed by atoms with Crippen molar-refractivity contribution in [1.29, 1.82) is 0 Å². The lowest BCUT2D eigenvalue weighted by molar-refractivity contribution is 0.394. The Morgan fingerprint density at radius 3 is 2.33 bits per heavy atom. The quantitative estimate of drug-likeness (QED) is 0.472. The molecule has 0 aromatic heterocycles. The third-order valence-corrected chi connectivity index (χ3v) is 1.08. The van der Waals surface area contributed by atoms with Gasteiger partial charge in [-0.05, 0) is 6.92 Å². The molecule has 0 saturated heterocycles. The fraction of sp³-hybridized carbons (Fsp3) is 0.250. The molecule has 2 rings (SSSR count). The van der Waals surface area contributed by atoms with Crippen molar-refractivity contribution in [2.24, 2.45) is 0 Å². The fourth-order valence-corrected chi connectivity index (χ4v) is 0.520. The minimum atomic E-state index is 1.02. The van der Waals surface area contributed by atoms with E-state index in [1.807, 2.05) is 6.92 Å². The number of rotatable bonds is 0. The van der Waals surface area contributed by atoms with E-state index in [-0.39, 0.29) is 0 Å². The summed E-state index contributed by atoms with van der Waals surface area (Å²) in [6.07, 6.45) is 0. The maximum Gasteiger partial charge on any atom is 0.192 e. The van der Waals surface area contributed by atoms with E-state index in [9.17, 15) is 0 Å². The van der Waals surface area contributed by atoms with Gasteiger partial charge in [-0.15, -0.1) is 0 Å². The maximum atomic E-state index is 4.58. The minimum Gasteiger partial charge on any atom is -0.353 e. The van der Waals surface area contributed by atoms with Crippen LogP contribution >= 0.6 is 0 Å². The molecule has 2 heteroatoms. The van der Waals surface area contributed by atoms with Crippen molar-refractivity contribution in [3.05, 3.63) is 5.56 Å². The lowest BCUT2D eigenvalue weighted by Gasteiger charge is -1.76. The molecule has 1 heterocycles. The molecule has 0 aromatic rings. The smallest absolute Gasteiger partial charge is 0.192 e. The van der Waals surface area contributed by atoms with Crippen LogP contribution in [0.1, 0.15) is 5.56 Å². The summed E-state index contributed by atoms with van der Waals surface area (Å²) < 4.78 is 4.58. The zero-order valence-electron chi connectivity index (χ0n) is 3.36. The summed E-state index contributed by atoms with van der Waals surface area (Å²) in [5.41, 5.74) is 2.32. The molecule has 2 nitrogen and oxygen atoms in total. The Morgan fingerprint density at radius 1 is 1.67 bits per heavy atom. The molecule has 0 radical (unpaired) electrons. The van der Waals surface area contributed by atoms with E-state index in [0.29, 0.717) is 0 Å². The van der Waals surface area contributed by atoms with Crippen LogP contribution in [0.5, 0.6) is 0 Å². The second kappa shape index (κ2) is 0.416. The predicted octanol–water partition coefficient (Wildman–Crippen LogP) is 0.963. The van der Waals surface area contributed by atoms with Gasteiger partial charge < -0.3 is 4.52 Å². The average molecular weight is 81.1 g/mol. The zero-order chi connectivity index (χ0) is 4.15. The van der Waals surface area contributed by atoms with Crippen molar-refractivity contribution < 1.29 is 4.52 Å². The van der Waals surface area contributed by atoms with Gasteiger partial charge in [0.2, 0.25) is 0 Å². The lowest BCUT2D eigenvalue weighted by Crippen LogP contribution is -1.65. The first-order chi connectivity index (χ1) is 2.89. The molecule has 0 fully saturated rings. The van der Waals surface area contributed by atoms with E-state index < -0.39 is 0 Å². The van der Waals surface area contributed by atoms with Crippen molar-refractivity contribution in [2.75, 3.05) is 0 Å². The van der Waals surface area contributed by atoms with Gasteiger partial charge in [-0.2, -0.15) is 0 Å². The monoisotopic (exact) mass is 81.0 g/mol. The largest absolute Gasteiger partial charge is 0.353 e. The van der Waals surface area contributed by atoms with Gasteiger partial charge in [0.15, 0.2) is 11.5 Å². The molecule has 30 valence electrons. The molecular formula is C4H3NO. The summed E-state index contributed by atoms with van der Waals surface area (Å²) >= 11 is 0. The molecule has 1 aliphatic heterocycles. The molecule has 1 aliphatic carbocycles. The molecule has 6 heavy (non-hydrogen) atoms. The van der Waals surface area contributed by atoms with E-state index in [0.717, 1.165) is 11.5 Å². The Bertz CT molecular complexity index is 170. The van der Waals surface area contributed by atoms with E-state index in [4.69, 9.17) is 0 Å². The first kappa shape index (κ1) is 2.39. The van der Waals surface area contributed by atoms with E-state index >= 15 is 0 Å². The van der Waals surface area contributed by atoms with Crippen molar-refractivity contribution in [2.45, 2.75) is 6.92 Å². The fourth-order valence-electron chi connectivity index (χ4n) is 0.520. The first-order valence-corrected chi connectivity index (χ1v) is 1.86. The van der Waals surface area contributed by atoms with Crippen LogP contribution in [0.15, 0.2) is 4.52 Å². The highest BCUT2D eigenvalue weighted by Crippen LogP contribution is 2.40. The Morgan fingerprint density at radius 2 is 2.33 bits per heavy atom. The first-order valence-electron chi connectivity index (χ1n) is 1.86. The van der Waals surface area contributed by atoms with Gasteiger partial charge in [0.05, 0.1) is 0 Å². The van der Waals surface area contributed by atoms with Gasteiger partial charge in [0, 0.05) is 5.56 Å². The van der Waals surface area contributed by atoms with Crippen LogP contribution in [0.4, 0.5) is 0 Å². The maximum absolute atomic E-state index is 4.58. The van der Waals surface area contributed by atoms with Crippen LogP contribution in [-0.4, -0.2) is 5.16 Å². The van der Waals surface area contributed by atoms with Crippen LogP contribution in [0, 0.1) is 6.92 Å². The van der Waals surface area contributed by atoms with Gasteiger partial charge in [0.1, 0.15) is 0 Å². The Kier molecular flexibility index (Phi) is 0.166. The number of nitrogens with zero attached hydrogens (tertiary/aromatic N) is 1. The zero-order valence-corrected chi connectivity index (χ0v) is 3.36. The number of aromatic nitrogens is 1. The van der Waals surface area contributed by atoms with Crippen molar-refractivity contribution in [1.82, 2.24) is 5.16 Å². The molecule has 0 atom stereocenters. The predicted molar refractivity (Wildman–Crippen MR) is 20.2 cm³/mol. The van der Waals surface area contributed by atoms with Gasteiger partial charge in [-0.25, -0.2) is 0 Å². The van der Waals surface area contributed by atoms with Gasteiger partial charge in [-0.1, -0.05) is 5.16 Å². The van der Waals surface area contributed by atoms with Crippen molar-refractivity contribution in [3.63, 3.8) is 0 Å². The number of hydrogen-bond donors (Lipinski definition) is 0. The van der Waals surface area contributed by atoms with Crippen LogP contribution in [0.3, 0.4) is 0 Å². The molecule has 0 amide bonds. The van der Waals surface area contributed by atoms with Crippen LogP contribution in [-0.2, 0) is 0 Å². The van der Waals surface area contributed by atoms with E-state index in [2.05, 4.69) is 9.68 Å². The normalized spacial score (nSPS) is 12.2. The van der Waals surface area contributed by atoms with E-state index in [1.165, 1.54) is 5.56 Å². The minimum absolute atomic E-state index is 1.02. The van der Waals surface area contributed by atoms with Gasteiger partial charge in [0.25, 0.3) is 0 Å². The Hall–Kier alpha value is -0.790. The molecule has 0 N–H and O–H groups in total. The van der Waals surface area contributed by atoms with Crippen LogP contribution in [0.2, 0.25) is 0 Å². The Balaban J connectivity index is 2.86. The lowest BCUT2D eigenvalue weighted by atomic mass is 10.7. The molecule has 0 aromatic carbocycles. The topological polar surface area (TPSA) is 26.0 Å². The summed E-state index contributed by atoms with van der Waals surface area (Å²) in [5, 5.41) is 3.57. The molecule has 0 spiro atoms. The molecule has 2 aliphatic rings. The third-order valence-electron chi connectivity index (χ3n) is 1.08. The summed E-state index contributed by atoms with van der Waals surface area (Å²) in [4.78, 5) is 0. The SMILES string of the molecule is Cc1c2noc1-2. The van der Waals surface area contributed by atoms with Crippen molar-refractivity contribution >= 4 is 0 Å². The highest BCUT2D eigenvalue weighted by molar-refractivity contribution is 5.79. The molecule has 0 bridgehead atoms. The van der Waals surface area contributed by atoms with Crippen LogP contribution < -0.4 is 0 Å². The summed E-state index contributed by atoms with van der Waals surface area (Å²) in [6, 6.07) is 0. The molecule has 0 unspecified atom stereocenters. The number of hydrogen-bond acceptors (Lipinski definition) is 2. The second-order valence-corrected chi connectivity index (χ2v) is 1.49. The standard InChI is InChI=1S/C4H3NO/c1-2-3-4(2)6-5-3/h1H3. The third kappa shape index (κ3) is 0.0776.